The standard InChI is InChI=1S/C10H9ClO5/c11-6-1-5-3-15-4-16-9(5)7(2-6)8(12)10(13)14/h1-2,8,12H,3-4H2,(H,13,14). The molecule has 0 radical (unpaired) electrons. The number of carboxylic acids is 1. The number of halogens is 1. The molecule has 0 fully saturated rings. The first-order chi connectivity index (χ1) is 7.59. The summed E-state index contributed by atoms with van der Waals surface area (Å²) >= 11 is 5.82. The summed E-state index contributed by atoms with van der Waals surface area (Å²) in [6.07, 6.45) is -1.65. The van der Waals surface area contributed by atoms with E-state index in [2.05, 4.69) is 0 Å². The summed E-state index contributed by atoms with van der Waals surface area (Å²) in [5.41, 5.74) is 0.785. The van der Waals surface area contributed by atoms with E-state index >= 15 is 0 Å². The maximum atomic E-state index is 10.7. The Hall–Kier alpha value is -1.30. The zero-order valence-corrected chi connectivity index (χ0v) is 8.90. The predicted octanol–water partition coefficient (Wildman–Crippen LogP) is 1.32. The largest absolute Gasteiger partial charge is 0.479 e. The maximum absolute atomic E-state index is 10.7. The van der Waals surface area contributed by atoms with Crippen molar-refractivity contribution in [2.75, 3.05) is 6.79 Å². The molecule has 0 aromatic heterocycles. The number of hydrogen-bond donors (Lipinski definition) is 2. The van der Waals surface area contributed by atoms with Crippen LogP contribution in [-0.4, -0.2) is 23.0 Å². The lowest BCUT2D eigenvalue weighted by molar-refractivity contribution is -0.147. The predicted molar refractivity (Wildman–Crippen MR) is 54.3 cm³/mol. The van der Waals surface area contributed by atoms with Gasteiger partial charge in [-0.25, -0.2) is 4.79 Å². The highest BCUT2D eigenvalue weighted by Gasteiger charge is 2.25. The number of ether oxygens (including phenoxy) is 2. The molecule has 5 nitrogen and oxygen atoms in total. The van der Waals surface area contributed by atoms with Crippen LogP contribution < -0.4 is 4.74 Å². The summed E-state index contributed by atoms with van der Waals surface area (Å²) < 4.78 is 10.2. The molecule has 1 aliphatic rings. The Labute approximate surface area is 96.2 Å². The number of aliphatic hydroxyl groups is 1. The van der Waals surface area contributed by atoms with Gasteiger partial charge in [-0.3, -0.25) is 0 Å². The average Bonchev–Trinajstić information content (AvgIpc) is 2.26. The molecule has 1 heterocycles. The molecule has 86 valence electrons. The molecule has 1 unspecified atom stereocenters. The molecule has 16 heavy (non-hydrogen) atoms. The molecule has 2 rings (SSSR count). The normalized spacial score (nSPS) is 16.1. The molecular weight excluding hydrogens is 236 g/mol. The van der Waals surface area contributed by atoms with Crippen molar-refractivity contribution >= 4 is 17.6 Å². The lowest BCUT2D eigenvalue weighted by Crippen LogP contribution is -2.17. The molecule has 0 bridgehead atoms. The van der Waals surface area contributed by atoms with Crippen molar-refractivity contribution in [1.82, 2.24) is 0 Å². The van der Waals surface area contributed by atoms with Crippen molar-refractivity contribution in [3.63, 3.8) is 0 Å². The Morgan fingerprint density at radius 2 is 2.25 bits per heavy atom. The Morgan fingerprint density at radius 3 is 2.94 bits per heavy atom. The molecule has 2 N–H and O–H groups in total. The van der Waals surface area contributed by atoms with Crippen LogP contribution in [0.5, 0.6) is 5.75 Å². The fourth-order valence-corrected chi connectivity index (χ4v) is 1.79. The average molecular weight is 245 g/mol. The number of carbonyl (C=O) groups is 1. The second-order valence-corrected chi connectivity index (χ2v) is 3.77. The van der Waals surface area contributed by atoms with Gasteiger partial charge in [0.1, 0.15) is 5.75 Å². The SMILES string of the molecule is O=C(O)C(O)c1cc(Cl)cc2c1OCOC2. The molecule has 1 aliphatic heterocycles. The third-order valence-electron chi connectivity index (χ3n) is 2.23. The van der Waals surface area contributed by atoms with Crippen molar-refractivity contribution in [3.8, 4) is 5.75 Å². The van der Waals surface area contributed by atoms with Crippen molar-refractivity contribution in [2.45, 2.75) is 12.7 Å². The number of aliphatic carboxylic acids is 1. The number of aliphatic hydroxyl groups excluding tert-OH is 1. The van der Waals surface area contributed by atoms with Crippen LogP contribution in [0.15, 0.2) is 12.1 Å². The van der Waals surface area contributed by atoms with Crippen LogP contribution in [-0.2, 0) is 16.1 Å². The number of benzene rings is 1. The molecule has 1 atom stereocenters. The van der Waals surface area contributed by atoms with Crippen LogP contribution in [0.25, 0.3) is 0 Å². The quantitative estimate of drug-likeness (QED) is 0.821. The third-order valence-corrected chi connectivity index (χ3v) is 2.45. The zero-order valence-electron chi connectivity index (χ0n) is 8.14. The Balaban J connectivity index is 2.51. The Kier molecular flexibility index (Phi) is 3.00. The fourth-order valence-electron chi connectivity index (χ4n) is 1.54. The van der Waals surface area contributed by atoms with Gasteiger partial charge in [-0.2, -0.15) is 0 Å². The van der Waals surface area contributed by atoms with Crippen LogP contribution in [0, 0.1) is 0 Å². The van der Waals surface area contributed by atoms with Crippen LogP contribution in [0.4, 0.5) is 0 Å². The van der Waals surface area contributed by atoms with Gasteiger partial charge in [-0.15, -0.1) is 0 Å². The maximum Gasteiger partial charge on any atom is 0.337 e. The molecule has 0 aliphatic carbocycles. The van der Waals surface area contributed by atoms with Crippen molar-refractivity contribution < 1.29 is 24.5 Å². The van der Waals surface area contributed by atoms with Gasteiger partial charge in [0.05, 0.1) is 6.61 Å². The van der Waals surface area contributed by atoms with E-state index < -0.39 is 12.1 Å². The third kappa shape index (κ3) is 1.97. The van der Waals surface area contributed by atoms with E-state index in [0.29, 0.717) is 16.3 Å². The zero-order chi connectivity index (χ0) is 11.7. The first-order valence-corrected chi connectivity index (χ1v) is 4.91. The molecule has 0 saturated carbocycles. The highest BCUT2D eigenvalue weighted by Crippen LogP contribution is 2.35. The van der Waals surface area contributed by atoms with Gasteiger partial charge in [0.25, 0.3) is 0 Å². The number of rotatable bonds is 2. The minimum absolute atomic E-state index is 0.0357. The molecule has 1 aromatic rings. The topological polar surface area (TPSA) is 76.0 Å². The van der Waals surface area contributed by atoms with E-state index in [1.807, 2.05) is 0 Å². The van der Waals surface area contributed by atoms with Gasteiger partial charge in [0.2, 0.25) is 0 Å². The van der Waals surface area contributed by atoms with Crippen LogP contribution >= 0.6 is 11.6 Å². The summed E-state index contributed by atoms with van der Waals surface area (Å²) in [5, 5.41) is 18.6. The van der Waals surface area contributed by atoms with Gasteiger partial charge in [-0.1, -0.05) is 11.6 Å². The second-order valence-electron chi connectivity index (χ2n) is 3.33. The summed E-state index contributed by atoms with van der Waals surface area (Å²) in [7, 11) is 0. The molecule has 1 aromatic carbocycles. The molecule has 0 saturated heterocycles. The number of hydrogen-bond acceptors (Lipinski definition) is 4. The molecule has 0 spiro atoms. The van der Waals surface area contributed by atoms with Gasteiger partial charge in [0.15, 0.2) is 12.9 Å². The highest BCUT2D eigenvalue weighted by atomic mass is 35.5. The van der Waals surface area contributed by atoms with E-state index in [4.69, 9.17) is 26.2 Å². The highest BCUT2D eigenvalue weighted by molar-refractivity contribution is 6.30. The van der Waals surface area contributed by atoms with E-state index in [9.17, 15) is 9.90 Å². The van der Waals surface area contributed by atoms with Crippen LogP contribution in [0.1, 0.15) is 17.2 Å². The van der Waals surface area contributed by atoms with Gasteiger partial charge >= 0.3 is 5.97 Å². The second kappa shape index (κ2) is 4.29. The lowest BCUT2D eigenvalue weighted by atomic mass is 10.0. The first-order valence-electron chi connectivity index (χ1n) is 4.53. The van der Waals surface area contributed by atoms with Crippen molar-refractivity contribution in [1.29, 1.82) is 0 Å². The van der Waals surface area contributed by atoms with Crippen molar-refractivity contribution in [3.05, 3.63) is 28.3 Å². The van der Waals surface area contributed by atoms with Gasteiger partial charge < -0.3 is 19.7 Å². The number of fused-ring (bicyclic) bond motifs is 1. The lowest BCUT2D eigenvalue weighted by Gasteiger charge is -2.22. The summed E-state index contributed by atoms with van der Waals surface area (Å²) in [4.78, 5) is 10.7. The number of carboxylic acid groups (broad SMARTS) is 1. The first kappa shape index (κ1) is 11.2. The summed E-state index contributed by atoms with van der Waals surface area (Å²) in [6, 6.07) is 3.00. The monoisotopic (exact) mass is 244 g/mol. The molecule has 6 heteroatoms. The summed E-state index contributed by atoms with van der Waals surface area (Å²) in [6.45, 7) is 0.323. The minimum Gasteiger partial charge on any atom is -0.479 e. The van der Waals surface area contributed by atoms with Gasteiger partial charge in [-0.05, 0) is 12.1 Å². The van der Waals surface area contributed by atoms with Crippen molar-refractivity contribution in [2.24, 2.45) is 0 Å². The molecular formula is C10H9ClO5. The van der Waals surface area contributed by atoms with E-state index in [0.717, 1.165) is 0 Å². The van der Waals surface area contributed by atoms with E-state index in [1.54, 1.807) is 6.07 Å². The Bertz CT molecular complexity index is 431. The van der Waals surface area contributed by atoms with Gasteiger partial charge in [0, 0.05) is 16.1 Å². The van der Waals surface area contributed by atoms with E-state index in [1.165, 1.54) is 6.07 Å². The smallest absolute Gasteiger partial charge is 0.337 e. The van der Waals surface area contributed by atoms with Crippen LogP contribution in [0.2, 0.25) is 5.02 Å². The van der Waals surface area contributed by atoms with E-state index in [-0.39, 0.29) is 19.0 Å². The Morgan fingerprint density at radius 1 is 1.50 bits per heavy atom. The van der Waals surface area contributed by atoms with Crippen LogP contribution in [0.3, 0.4) is 0 Å². The molecule has 0 amide bonds. The fraction of sp³-hybridized carbons (Fsp3) is 0.300. The summed E-state index contributed by atoms with van der Waals surface area (Å²) in [5.74, 6) is -1.01. The minimum atomic E-state index is -1.65.